The molecule has 154 valence electrons. The van der Waals surface area contributed by atoms with Crippen molar-refractivity contribution in [1.82, 2.24) is 0 Å². The predicted octanol–water partition coefficient (Wildman–Crippen LogP) is 3.99. The van der Waals surface area contributed by atoms with Crippen molar-refractivity contribution in [2.24, 2.45) is 0 Å². The van der Waals surface area contributed by atoms with E-state index in [0.717, 1.165) is 24.3 Å². The molecule has 1 fully saturated rings. The molecule has 1 saturated heterocycles. The zero-order valence-corrected chi connectivity index (χ0v) is 17.4. The van der Waals surface area contributed by atoms with Crippen molar-refractivity contribution in [1.29, 1.82) is 0 Å². The lowest BCUT2D eigenvalue weighted by Crippen LogP contribution is -2.32. The highest BCUT2D eigenvalue weighted by molar-refractivity contribution is 5.95. The van der Waals surface area contributed by atoms with Crippen LogP contribution in [0.2, 0.25) is 0 Å². The van der Waals surface area contributed by atoms with E-state index in [0.29, 0.717) is 18.0 Å². The van der Waals surface area contributed by atoms with Crippen LogP contribution < -0.4 is 19.9 Å². The summed E-state index contributed by atoms with van der Waals surface area (Å²) in [6.07, 6.45) is 2.65. The van der Waals surface area contributed by atoms with Crippen molar-refractivity contribution >= 4 is 28.9 Å². The maximum absolute atomic E-state index is 12.5. The van der Waals surface area contributed by atoms with Crippen LogP contribution in [0.5, 0.6) is 5.75 Å². The summed E-state index contributed by atoms with van der Waals surface area (Å²) in [5, 5.41) is 2.89. The SMILES string of the molecule is COc1ccc(C)cc1NC(=O)CCN(C(C)=O)c1ccc(N2CCCC2)cc1. The second-order valence-electron chi connectivity index (χ2n) is 7.38. The summed E-state index contributed by atoms with van der Waals surface area (Å²) in [4.78, 5) is 28.6. The van der Waals surface area contributed by atoms with Crippen LogP contribution in [0.15, 0.2) is 42.5 Å². The van der Waals surface area contributed by atoms with Gasteiger partial charge in [0.15, 0.2) is 0 Å². The molecule has 0 saturated carbocycles. The lowest BCUT2D eigenvalue weighted by atomic mass is 10.2. The molecule has 1 heterocycles. The molecule has 0 spiro atoms. The highest BCUT2D eigenvalue weighted by atomic mass is 16.5. The molecule has 6 nitrogen and oxygen atoms in total. The van der Waals surface area contributed by atoms with E-state index in [1.807, 2.05) is 49.4 Å². The molecule has 0 aromatic heterocycles. The van der Waals surface area contributed by atoms with Crippen LogP contribution in [0, 0.1) is 6.92 Å². The molecule has 0 bridgehead atoms. The fourth-order valence-corrected chi connectivity index (χ4v) is 3.63. The van der Waals surface area contributed by atoms with Gasteiger partial charge in [0.25, 0.3) is 0 Å². The highest BCUT2D eigenvalue weighted by Gasteiger charge is 2.16. The van der Waals surface area contributed by atoms with Crippen LogP contribution in [0.25, 0.3) is 0 Å². The summed E-state index contributed by atoms with van der Waals surface area (Å²) < 4.78 is 5.30. The average Bonchev–Trinajstić information content (AvgIpc) is 3.23. The second kappa shape index (κ2) is 9.45. The fourth-order valence-electron chi connectivity index (χ4n) is 3.63. The number of nitrogens with one attached hydrogen (secondary N) is 1. The number of rotatable bonds is 7. The predicted molar refractivity (Wildman–Crippen MR) is 117 cm³/mol. The van der Waals surface area contributed by atoms with Crippen LogP contribution in [-0.2, 0) is 9.59 Å². The Kier molecular flexibility index (Phi) is 6.75. The second-order valence-corrected chi connectivity index (χ2v) is 7.38. The van der Waals surface area contributed by atoms with Gasteiger partial charge in [-0.1, -0.05) is 6.07 Å². The molecule has 1 aliphatic heterocycles. The Hall–Kier alpha value is -3.02. The average molecular weight is 396 g/mol. The Bertz CT molecular complexity index is 858. The molecule has 1 N–H and O–H groups in total. The standard InChI is InChI=1S/C23H29N3O3/c1-17-6-11-22(29-3)21(16-17)24-23(28)12-15-26(18(2)27)20-9-7-19(8-10-20)25-13-4-5-14-25/h6-11,16H,4-5,12-15H2,1-3H3,(H,24,28). The van der Waals surface area contributed by atoms with Crippen molar-refractivity contribution in [3.8, 4) is 5.75 Å². The highest BCUT2D eigenvalue weighted by Crippen LogP contribution is 2.26. The van der Waals surface area contributed by atoms with Crippen LogP contribution in [0.3, 0.4) is 0 Å². The number of aryl methyl sites for hydroxylation is 1. The van der Waals surface area contributed by atoms with Crippen molar-refractivity contribution in [2.45, 2.75) is 33.1 Å². The topological polar surface area (TPSA) is 61.9 Å². The van der Waals surface area contributed by atoms with E-state index in [-0.39, 0.29) is 18.2 Å². The lowest BCUT2D eigenvalue weighted by Gasteiger charge is -2.23. The number of hydrogen-bond acceptors (Lipinski definition) is 4. The van der Waals surface area contributed by atoms with Gasteiger partial charge in [-0.15, -0.1) is 0 Å². The number of carbonyl (C=O) groups excluding carboxylic acids is 2. The molecule has 2 aromatic rings. The monoisotopic (exact) mass is 395 g/mol. The molecule has 3 rings (SSSR count). The van der Waals surface area contributed by atoms with E-state index in [9.17, 15) is 9.59 Å². The number of ether oxygens (including phenoxy) is 1. The van der Waals surface area contributed by atoms with Crippen LogP contribution in [0.4, 0.5) is 17.1 Å². The first-order valence-corrected chi connectivity index (χ1v) is 10.1. The molecular weight excluding hydrogens is 366 g/mol. The maximum atomic E-state index is 12.5. The van der Waals surface area contributed by atoms with Gasteiger partial charge < -0.3 is 19.9 Å². The zero-order chi connectivity index (χ0) is 20.8. The van der Waals surface area contributed by atoms with Gasteiger partial charge in [-0.2, -0.15) is 0 Å². The minimum Gasteiger partial charge on any atom is -0.495 e. The molecule has 0 aliphatic carbocycles. The molecule has 29 heavy (non-hydrogen) atoms. The lowest BCUT2D eigenvalue weighted by molar-refractivity contribution is -0.117. The molecule has 0 radical (unpaired) electrons. The summed E-state index contributed by atoms with van der Waals surface area (Å²) >= 11 is 0. The molecule has 1 aliphatic rings. The number of amides is 2. The first-order valence-electron chi connectivity index (χ1n) is 10.1. The van der Waals surface area contributed by atoms with Gasteiger partial charge >= 0.3 is 0 Å². The van der Waals surface area contributed by atoms with Crippen molar-refractivity contribution in [3.05, 3.63) is 48.0 Å². The number of nitrogens with zero attached hydrogens (tertiary/aromatic N) is 2. The summed E-state index contributed by atoms with van der Waals surface area (Å²) in [5.41, 5.74) is 3.66. The first-order chi connectivity index (χ1) is 14.0. The number of methoxy groups -OCH3 is 1. The molecule has 0 unspecified atom stereocenters. The first kappa shape index (κ1) is 20.7. The van der Waals surface area contributed by atoms with E-state index < -0.39 is 0 Å². The summed E-state index contributed by atoms with van der Waals surface area (Å²) in [6, 6.07) is 13.6. The molecule has 0 atom stereocenters. The fraction of sp³-hybridized carbons (Fsp3) is 0.391. The third-order valence-electron chi connectivity index (χ3n) is 5.20. The van der Waals surface area contributed by atoms with Gasteiger partial charge in [-0.05, 0) is 61.7 Å². The molecule has 2 aromatic carbocycles. The summed E-state index contributed by atoms with van der Waals surface area (Å²) in [6.45, 7) is 5.96. The van der Waals surface area contributed by atoms with Crippen LogP contribution >= 0.6 is 0 Å². The Labute approximate surface area is 172 Å². The third kappa shape index (κ3) is 5.28. The quantitative estimate of drug-likeness (QED) is 0.770. The van der Waals surface area contributed by atoms with Gasteiger partial charge in [0.2, 0.25) is 11.8 Å². The van der Waals surface area contributed by atoms with Crippen LogP contribution in [0.1, 0.15) is 31.7 Å². The van der Waals surface area contributed by atoms with Gasteiger partial charge in [0.05, 0.1) is 12.8 Å². The summed E-state index contributed by atoms with van der Waals surface area (Å²) in [5.74, 6) is 0.374. The molecular formula is C23H29N3O3. The van der Waals surface area contributed by atoms with Gasteiger partial charge in [0, 0.05) is 44.4 Å². The largest absolute Gasteiger partial charge is 0.495 e. The summed E-state index contributed by atoms with van der Waals surface area (Å²) in [7, 11) is 1.57. The Morgan fingerprint density at radius 3 is 2.41 bits per heavy atom. The van der Waals surface area contributed by atoms with Gasteiger partial charge in [-0.25, -0.2) is 0 Å². The van der Waals surface area contributed by atoms with E-state index >= 15 is 0 Å². The zero-order valence-electron chi connectivity index (χ0n) is 17.4. The molecule has 6 heteroatoms. The normalized spacial score (nSPS) is 13.3. The van der Waals surface area contributed by atoms with Crippen molar-refractivity contribution in [2.75, 3.05) is 41.9 Å². The maximum Gasteiger partial charge on any atom is 0.226 e. The number of anilines is 3. The van der Waals surface area contributed by atoms with Crippen LogP contribution in [-0.4, -0.2) is 38.6 Å². The number of benzene rings is 2. The Balaban J connectivity index is 1.63. The van der Waals surface area contributed by atoms with E-state index in [1.165, 1.54) is 25.5 Å². The van der Waals surface area contributed by atoms with E-state index in [4.69, 9.17) is 4.74 Å². The Morgan fingerprint density at radius 2 is 1.79 bits per heavy atom. The van der Waals surface area contributed by atoms with Gasteiger partial charge in [-0.3, -0.25) is 9.59 Å². The van der Waals surface area contributed by atoms with Crippen molar-refractivity contribution < 1.29 is 14.3 Å². The minimum absolute atomic E-state index is 0.0835. The smallest absolute Gasteiger partial charge is 0.226 e. The van der Waals surface area contributed by atoms with Crippen molar-refractivity contribution in [3.63, 3.8) is 0 Å². The minimum atomic E-state index is -0.158. The number of carbonyl (C=O) groups is 2. The third-order valence-corrected chi connectivity index (χ3v) is 5.20. The van der Waals surface area contributed by atoms with Gasteiger partial charge in [0.1, 0.15) is 5.75 Å². The van der Waals surface area contributed by atoms with E-state index in [2.05, 4.69) is 10.2 Å². The number of hydrogen-bond donors (Lipinski definition) is 1. The molecule has 2 amide bonds. The Morgan fingerprint density at radius 1 is 1.10 bits per heavy atom. The van der Waals surface area contributed by atoms with E-state index in [1.54, 1.807) is 12.0 Å².